The van der Waals surface area contributed by atoms with Crippen molar-refractivity contribution in [3.63, 3.8) is 0 Å². The minimum absolute atomic E-state index is 0.818. The molecule has 0 fully saturated rings. The smallest absolute Gasteiger partial charge is 0.127 e. The van der Waals surface area contributed by atoms with Gasteiger partial charge < -0.3 is 5.43 Å². The van der Waals surface area contributed by atoms with Crippen LogP contribution in [0.1, 0.15) is 6.92 Å². The van der Waals surface area contributed by atoms with E-state index >= 15 is 0 Å². The average molecular weight is 320 g/mol. The van der Waals surface area contributed by atoms with Gasteiger partial charge in [-0.1, -0.05) is 36.5 Å². The summed E-state index contributed by atoms with van der Waals surface area (Å²) in [6, 6.07) is 8.01. The lowest BCUT2D eigenvalue weighted by molar-refractivity contribution is -0.428. The predicted octanol–water partition coefficient (Wildman–Crippen LogP) is 5.23. The van der Waals surface area contributed by atoms with Crippen LogP contribution in [0.15, 0.2) is 62.6 Å². The third kappa shape index (κ3) is 6.18. The fourth-order valence-electron chi connectivity index (χ4n) is 1.47. The summed E-state index contributed by atoms with van der Waals surface area (Å²) in [6.07, 6.45) is 1.91. The molecule has 0 unspecified atom stereocenters. The van der Waals surface area contributed by atoms with Gasteiger partial charge in [0.2, 0.25) is 0 Å². The first-order chi connectivity index (χ1) is 10.1. The zero-order valence-corrected chi connectivity index (χ0v) is 14.2. The Morgan fingerprint density at radius 1 is 1.43 bits per heavy atom. The second kappa shape index (κ2) is 9.41. The zero-order chi connectivity index (χ0) is 15.7. The zero-order valence-electron chi connectivity index (χ0n) is 12.6. The van der Waals surface area contributed by atoms with Gasteiger partial charge in [-0.3, -0.25) is 4.68 Å². The van der Waals surface area contributed by atoms with Crippen molar-refractivity contribution in [2.75, 3.05) is 19.2 Å². The summed E-state index contributed by atoms with van der Waals surface area (Å²) in [5, 5.41) is 8.67. The lowest BCUT2D eigenvalue weighted by atomic mass is 10.3. The van der Waals surface area contributed by atoms with Gasteiger partial charge in [-0.2, -0.15) is 10.2 Å². The highest BCUT2D eigenvalue weighted by atomic mass is 32.2. The van der Waals surface area contributed by atoms with Crippen molar-refractivity contribution in [1.29, 1.82) is 0 Å². The monoisotopic (exact) mass is 320 g/mol. The fraction of sp³-hybridized carbons (Fsp3) is 0.267. The van der Waals surface area contributed by atoms with Crippen LogP contribution in [0, 0.1) is 0 Å². The van der Waals surface area contributed by atoms with Crippen LogP contribution in [0.2, 0.25) is 0 Å². The molecule has 0 N–H and O–H groups in total. The van der Waals surface area contributed by atoms with Crippen molar-refractivity contribution in [3.8, 4) is 0 Å². The van der Waals surface area contributed by atoms with Gasteiger partial charge in [0.15, 0.2) is 0 Å². The lowest BCUT2D eigenvalue weighted by Gasteiger charge is -2.18. The van der Waals surface area contributed by atoms with Crippen LogP contribution in [0.25, 0.3) is 5.43 Å². The largest absolute Gasteiger partial charge is 0.410 e. The summed E-state index contributed by atoms with van der Waals surface area (Å²) in [4.78, 5) is 2.03. The Hall–Kier alpha value is -1.53. The first-order valence-corrected chi connectivity index (χ1v) is 8.31. The summed E-state index contributed by atoms with van der Waals surface area (Å²) in [5.74, 6) is 0. The molecule has 1 aromatic carbocycles. The molecule has 0 aliphatic rings. The molecule has 112 valence electrons. The first kappa shape index (κ1) is 17.5. The van der Waals surface area contributed by atoms with Gasteiger partial charge in [0, 0.05) is 17.0 Å². The first-order valence-electron chi connectivity index (χ1n) is 6.34. The molecule has 0 atom stereocenters. The molecule has 0 aliphatic heterocycles. The molecule has 21 heavy (non-hydrogen) atoms. The van der Waals surface area contributed by atoms with E-state index in [0.717, 1.165) is 26.3 Å². The maximum atomic E-state index is 4.36. The second-order valence-corrected chi connectivity index (χ2v) is 6.48. The second-order valence-electron chi connectivity index (χ2n) is 4.03. The van der Waals surface area contributed by atoms with Crippen molar-refractivity contribution >= 4 is 35.9 Å². The Bertz CT molecular complexity index is 565. The van der Waals surface area contributed by atoms with E-state index in [1.165, 1.54) is 0 Å². The molecule has 0 saturated carbocycles. The number of benzene rings is 1. The highest BCUT2D eigenvalue weighted by Crippen LogP contribution is 2.36. The van der Waals surface area contributed by atoms with Crippen LogP contribution >= 0.6 is 23.5 Å². The van der Waals surface area contributed by atoms with Crippen LogP contribution < -0.4 is 0 Å². The molecular formula is C15H20N4S2. The third-order valence-corrected chi connectivity index (χ3v) is 4.51. The molecule has 1 aromatic rings. The molecule has 0 bridgehead atoms. The van der Waals surface area contributed by atoms with E-state index in [9.17, 15) is 0 Å². The molecule has 0 amide bonds. The summed E-state index contributed by atoms with van der Waals surface area (Å²) in [7, 11) is 3.47. The predicted molar refractivity (Wildman–Crippen MR) is 94.8 cm³/mol. The molecule has 0 heterocycles. The van der Waals surface area contributed by atoms with Crippen LogP contribution in [0.3, 0.4) is 0 Å². The van der Waals surface area contributed by atoms with Crippen molar-refractivity contribution in [2.24, 2.45) is 10.2 Å². The van der Waals surface area contributed by atoms with E-state index in [2.05, 4.69) is 35.0 Å². The number of hydrogen-bond donors (Lipinski definition) is 0. The van der Waals surface area contributed by atoms with E-state index in [4.69, 9.17) is 0 Å². The number of thioether (sulfide) groups is 2. The Kier molecular flexibility index (Phi) is 7.85. The normalized spacial score (nSPS) is 11.7. The summed E-state index contributed by atoms with van der Waals surface area (Å²) < 4.78 is 1.56. The summed E-state index contributed by atoms with van der Waals surface area (Å²) in [6.45, 7) is 9.71. The van der Waals surface area contributed by atoms with Gasteiger partial charge in [-0.15, -0.1) is 23.5 Å². The minimum Gasteiger partial charge on any atom is -0.410 e. The summed E-state index contributed by atoms with van der Waals surface area (Å²) >= 11 is 3.36. The lowest BCUT2D eigenvalue weighted by Crippen LogP contribution is -1.92. The number of azo groups is 1. The quantitative estimate of drug-likeness (QED) is 0.125. The topological polar surface area (TPSA) is 41.8 Å². The molecular weight excluding hydrogens is 300 g/mol. The molecule has 0 radical (unpaired) electrons. The maximum Gasteiger partial charge on any atom is 0.127 e. The van der Waals surface area contributed by atoms with E-state index in [0.29, 0.717) is 0 Å². The molecule has 1 rings (SSSR count). The van der Waals surface area contributed by atoms with Gasteiger partial charge in [0.25, 0.3) is 0 Å². The molecule has 4 nitrogen and oxygen atoms in total. The van der Waals surface area contributed by atoms with Crippen LogP contribution in [0.4, 0.5) is 5.69 Å². The van der Waals surface area contributed by atoms with Gasteiger partial charge in [-0.25, -0.2) is 0 Å². The van der Waals surface area contributed by atoms with Gasteiger partial charge in [0.1, 0.15) is 13.8 Å². The average Bonchev–Trinajstić information content (AvgIpc) is 2.45. The summed E-state index contributed by atoms with van der Waals surface area (Å²) in [5.41, 5.74) is 6.10. The molecule has 0 aliphatic carbocycles. The van der Waals surface area contributed by atoms with Crippen LogP contribution in [-0.2, 0) is 0 Å². The maximum absolute atomic E-state index is 4.36. The highest BCUT2D eigenvalue weighted by molar-refractivity contribution is 8.18. The van der Waals surface area contributed by atoms with E-state index in [1.54, 1.807) is 35.3 Å². The van der Waals surface area contributed by atoms with Crippen LogP contribution in [0.5, 0.6) is 0 Å². The molecule has 0 spiro atoms. The van der Waals surface area contributed by atoms with E-state index < -0.39 is 0 Å². The van der Waals surface area contributed by atoms with Gasteiger partial charge in [-0.05, 0) is 17.9 Å². The SMILES string of the molecule is C=C(SCSc1ccccc1[N-][N+](=C)C)/C(=C\C)N=NC. The van der Waals surface area contributed by atoms with Gasteiger partial charge in [0.05, 0.1) is 5.70 Å². The molecule has 0 saturated heterocycles. The third-order valence-electron chi connectivity index (χ3n) is 2.36. The Balaban J connectivity index is 2.60. The number of nitrogens with zero attached hydrogens (tertiary/aromatic N) is 4. The number of hydrogen-bond acceptors (Lipinski definition) is 4. The highest BCUT2D eigenvalue weighted by Gasteiger charge is 2.03. The Morgan fingerprint density at radius 3 is 2.76 bits per heavy atom. The van der Waals surface area contributed by atoms with Crippen molar-refractivity contribution < 1.29 is 4.68 Å². The van der Waals surface area contributed by atoms with E-state index in [-0.39, 0.29) is 0 Å². The Morgan fingerprint density at radius 2 is 2.14 bits per heavy atom. The number of rotatable bonds is 8. The fourth-order valence-corrected chi connectivity index (χ4v) is 3.52. The van der Waals surface area contributed by atoms with E-state index in [1.807, 2.05) is 38.2 Å². The molecule has 0 aromatic heterocycles. The minimum atomic E-state index is 0.818. The van der Waals surface area contributed by atoms with Crippen molar-refractivity contribution in [3.05, 3.63) is 52.9 Å². The Labute approximate surface area is 135 Å². The molecule has 6 heteroatoms. The van der Waals surface area contributed by atoms with Crippen molar-refractivity contribution in [2.45, 2.75) is 11.8 Å². The standard InChI is InChI=1S/C15H20N4S2/c1-6-13(17-16-3)12(2)20-11-21-15-10-8-7-9-14(15)18-19(4)5/h6-10H,2,4,11H2,1,3,5H3/b13-6+,17-16?. The van der Waals surface area contributed by atoms with Crippen LogP contribution in [-0.4, -0.2) is 30.6 Å². The van der Waals surface area contributed by atoms with Crippen molar-refractivity contribution in [1.82, 2.24) is 0 Å². The number of allylic oxidation sites excluding steroid dienone is 1. The van der Waals surface area contributed by atoms with Gasteiger partial charge >= 0.3 is 0 Å².